The van der Waals surface area contributed by atoms with Crippen molar-refractivity contribution < 1.29 is 27.6 Å². The summed E-state index contributed by atoms with van der Waals surface area (Å²) in [5.74, 6) is -1.14. The van der Waals surface area contributed by atoms with E-state index in [1.807, 2.05) is 0 Å². The molecule has 44 heavy (non-hydrogen) atoms. The normalized spacial score (nSPS) is 20.3. The molecule has 1 saturated heterocycles. The Morgan fingerprint density at radius 2 is 1.77 bits per heavy atom. The molecule has 16 heteroatoms. The predicted octanol–water partition coefficient (Wildman–Crippen LogP) is 3.57. The second kappa shape index (κ2) is 11.4. The average molecular weight is 634 g/mol. The van der Waals surface area contributed by atoms with Crippen LogP contribution in [0.3, 0.4) is 0 Å². The van der Waals surface area contributed by atoms with Crippen molar-refractivity contribution in [1.82, 2.24) is 34.9 Å². The van der Waals surface area contributed by atoms with Gasteiger partial charge in [0.1, 0.15) is 0 Å². The van der Waals surface area contributed by atoms with Gasteiger partial charge < -0.3 is 30.7 Å². The van der Waals surface area contributed by atoms with E-state index in [-0.39, 0.29) is 63.3 Å². The number of hydrogen-bond acceptors (Lipinski definition) is 6. The number of imidazole rings is 1. The van der Waals surface area contributed by atoms with Crippen LogP contribution in [0.5, 0.6) is 0 Å². The summed E-state index contributed by atoms with van der Waals surface area (Å²) in [7, 11) is 1.46. The van der Waals surface area contributed by atoms with Crippen LogP contribution in [-0.4, -0.2) is 85.7 Å². The van der Waals surface area contributed by atoms with Crippen LogP contribution in [0.25, 0.3) is 11.3 Å². The molecule has 0 spiro atoms. The Labute approximate surface area is 255 Å². The first-order chi connectivity index (χ1) is 20.9. The highest BCUT2D eigenvalue weighted by atomic mass is 35.5. The maximum absolute atomic E-state index is 13.7. The van der Waals surface area contributed by atoms with Gasteiger partial charge >= 0.3 is 12.2 Å². The molecule has 5 N–H and O–H groups in total. The number of amides is 4. The van der Waals surface area contributed by atoms with Gasteiger partial charge in [0, 0.05) is 62.6 Å². The molecule has 2 aliphatic carbocycles. The third-order valence-corrected chi connectivity index (χ3v) is 8.62. The van der Waals surface area contributed by atoms with Crippen molar-refractivity contribution in [3.05, 3.63) is 52.2 Å². The average Bonchev–Trinajstić information content (AvgIpc) is 3.58. The number of alkyl halides is 3. The van der Waals surface area contributed by atoms with Gasteiger partial charge in [-0.1, -0.05) is 11.6 Å². The zero-order valence-electron chi connectivity index (χ0n) is 23.7. The number of nitrogens with zero attached hydrogens (tertiary/aromatic N) is 5. The number of benzene rings is 1. The van der Waals surface area contributed by atoms with Crippen molar-refractivity contribution >= 4 is 35.1 Å². The lowest BCUT2D eigenvalue weighted by Gasteiger charge is -2.38. The van der Waals surface area contributed by atoms with E-state index in [9.17, 15) is 27.6 Å². The fourth-order valence-corrected chi connectivity index (χ4v) is 5.88. The summed E-state index contributed by atoms with van der Waals surface area (Å²) in [6.07, 6.45) is -0.439. The van der Waals surface area contributed by atoms with E-state index < -0.39 is 17.8 Å². The molecular formula is C28H31ClF3N9O3. The van der Waals surface area contributed by atoms with E-state index in [4.69, 9.17) is 17.3 Å². The zero-order valence-corrected chi connectivity index (χ0v) is 24.5. The van der Waals surface area contributed by atoms with Gasteiger partial charge in [-0.2, -0.15) is 18.3 Å². The highest BCUT2D eigenvalue weighted by Crippen LogP contribution is 2.47. The van der Waals surface area contributed by atoms with Crippen LogP contribution in [0.15, 0.2) is 24.4 Å². The van der Waals surface area contributed by atoms with Crippen molar-refractivity contribution in [1.29, 1.82) is 0 Å². The van der Waals surface area contributed by atoms with Gasteiger partial charge in [0.25, 0.3) is 11.8 Å². The number of piperazine rings is 1. The van der Waals surface area contributed by atoms with Gasteiger partial charge in [-0.3, -0.25) is 14.7 Å². The van der Waals surface area contributed by atoms with Crippen LogP contribution >= 0.6 is 11.6 Å². The minimum Gasteiger partial charge on any atom is -0.335 e. The molecule has 4 amide bonds. The number of nitrogens with one attached hydrogen (secondary N) is 3. The Hall–Kier alpha value is -4.11. The van der Waals surface area contributed by atoms with Gasteiger partial charge in [-0.05, 0) is 43.9 Å². The number of nitrogens with two attached hydrogens (primary N) is 1. The summed E-state index contributed by atoms with van der Waals surface area (Å²) in [6, 6.07) is 4.48. The number of H-pyrrole nitrogens is 1. The number of urea groups is 1. The molecule has 3 aliphatic rings. The summed E-state index contributed by atoms with van der Waals surface area (Å²) < 4.78 is 42.5. The second-order valence-corrected chi connectivity index (χ2v) is 11.9. The Kier molecular flexibility index (Phi) is 7.78. The smallest absolute Gasteiger partial charge is 0.335 e. The van der Waals surface area contributed by atoms with E-state index in [0.29, 0.717) is 31.9 Å². The highest BCUT2D eigenvalue weighted by Gasteiger charge is 2.42. The monoisotopic (exact) mass is 633 g/mol. The maximum atomic E-state index is 13.7. The molecule has 1 aliphatic heterocycles. The van der Waals surface area contributed by atoms with Crippen LogP contribution in [0.1, 0.15) is 64.0 Å². The fraction of sp³-hybridized carbons (Fsp3) is 0.464. The summed E-state index contributed by atoms with van der Waals surface area (Å²) in [6.45, 7) is 1.42. The molecule has 12 nitrogen and oxygen atoms in total. The van der Waals surface area contributed by atoms with Gasteiger partial charge in [0.05, 0.1) is 28.0 Å². The van der Waals surface area contributed by atoms with Crippen LogP contribution in [0.4, 0.5) is 23.7 Å². The fourth-order valence-electron chi connectivity index (χ4n) is 5.62. The highest BCUT2D eigenvalue weighted by molar-refractivity contribution is 6.34. The molecular weight excluding hydrogens is 603 g/mol. The van der Waals surface area contributed by atoms with Gasteiger partial charge in [-0.25, -0.2) is 9.78 Å². The van der Waals surface area contributed by atoms with Crippen molar-refractivity contribution in [3.63, 3.8) is 0 Å². The Bertz CT molecular complexity index is 1600. The third-order valence-electron chi connectivity index (χ3n) is 8.31. The summed E-state index contributed by atoms with van der Waals surface area (Å²) in [5.41, 5.74) is 5.62. The van der Waals surface area contributed by atoms with E-state index >= 15 is 0 Å². The molecule has 6 rings (SSSR count). The molecule has 3 heterocycles. The predicted molar refractivity (Wildman–Crippen MR) is 154 cm³/mol. The first kappa shape index (κ1) is 29.9. The van der Waals surface area contributed by atoms with Crippen molar-refractivity contribution in [2.24, 2.45) is 12.8 Å². The summed E-state index contributed by atoms with van der Waals surface area (Å²) >= 11 is 6.44. The summed E-state index contributed by atoms with van der Waals surface area (Å²) in [4.78, 5) is 46.1. The van der Waals surface area contributed by atoms with Crippen molar-refractivity contribution in [3.8, 4) is 11.3 Å². The number of carbonyl (C=O) groups is 3. The van der Waals surface area contributed by atoms with Crippen molar-refractivity contribution in [2.45, 2.75) is 49.9 Å². The number of aromatic nitrogens is 4. The number of halogens is 4. The second-order valence-electron chi connectivity index (χ2n) is 11.5. The number of hydrogen-bond donors (Lipinski definition) is 4. The van der Waals surface area contributed by atoms with Crippen LogP contribution in [0, 0.1) is 0 Å². The largest absolute Gasteiger partial charge is 0.435 e. The quantitative estimate of drug-likeness (QED) is 0.325. The molecule has 0 unspecified atom stereocenters. The molecule has 0 radical (unpaired) electrons. The van der Waals surface area contributed by atoms with Crippen molar-refractivity contribution in [2.75, 3.05) is 31.5 Å². The molecule has 2 aromatic heterocycles. The van der Waals surface area contributed by atoms with Gasteiger partial charge in [0.2, 0.25) is 0 Å². The van der Waals surface area contributed by atoms with E-state index in [2.05, 4.69) is 25.8 Å². The lowest BCUT2D eigenvalue weighted by atomic mass is 9.88. The van der Waals surface area contributed by atoms with E-state index in [0.717, 1.165) is 25.7 Å². The van der Waals surface area contributed by atoms with Crippen LogP contribution in [-0.2, 0) is 13.2 Å². The van der Waals surface area contributed by atoms with Gasteiger partial charge in [-0.15, -0.1) is 0 Å². The topological polar surface area (TPSA) is 154 Å². The van der Waals surface area contributed by atoms with E-state index in [1.165, 1.54) is 36.0 Å². The number of aromatic amines is 1. The zero-order chi connectivity index (χ0) is 31.3. The van der Waals surface area contributed by atoms with Crippen LogP contribution < -0.4 is 16.4 Å². The first-order valence-corrected chi connectivity index (χ1v) is 14.7. The Balaban J connectivity index is 1.10. The Morgan fingerprint density at radius 1 is 1.09 bits per heavy atom. The molecule has 234 valence electrons. The molecule has 2 saturated carbocycles. The number of rotatable bonds is 6. The number of anilines is 1. The third kappa shape index (κ3) is 5.85. The molecule has 0 bridgehead atoms. The van der Waals surface area contributed by atoms with E-state index in [1.54, 1.807) is 9.80 Å². The first-order valence-electron chi connectivity index (χ1n) is 14.3. The van der Waals surface area contributed by atoms with Gasteiger partial charge in [0.15, 0.2) is 11.5 Å². The minimum atomic E-state index is -4.69. The molecule has 3 fully saturated rings. The molecule has 1 aromatic carbocycles. The van der Waals surface area contributed by atoms with Crippen LogP contribution in [0.2, 0.25) is 5.02 Å². The SMILES string of the molecule is Cn1c(-c2c(C(F)(F)F)n[nH]c2C2CC2)cnc1C(=O)Nc1ccc(C(=O)N2CCN(C(=O)NC3CC(N)C3)CC2)c(Cl)c1. The summed E-state index contributed by atoms with van der Waals surface area (Å²) in [5, 5.41) is 11.8. The minimum absolute atomic E-state index is 0.0515. The lowest BCUT2D eigenvalue weighted by Crippen LogP contribution is -2.57. The molecule has 0 atom stereocenters. The standard InChI is InChI=1S/C28H31ClF3N9O3/c1-39-20(21-22(14-2-3-14)37-38-23(21)28(30,31)32)13-34-24(39)25(42)35-16-4-5-18(19(29)12-16)26(43)40-6-8-41(9-7-40)27(44)36-17-10-15(33)11-17/h4-5,12-15,17H,2-3,6-11,33H2,1H3,(H,35,42)(H,36,44)(H,37,38). The molecule has 3 aromatic rings. The lowest BCUT2D eigenvalue weighted by molar-refractivity contribution is -0.140. The Morgan fingerprint density at radius 3 is 2.39 bits per heavy atom. The number of carbonyl (C=O) groups excluding carboxylic acids is 3. The maximum Gasteiger partial charge on any atom is 0.435 e.